The fourth-order valence-electron chi connectivity index (χ4n) is 7.61. The third kappa shape index (κ3) is 4.06. The van der Waals surface area contributed by atoms with Crippen molar-refractivity contribution in [2.75, 3.05) is 4.90 Å². The van der Waals surface area contributed by atoms with Crippen molar-refractivity contribution >= 4 is 82.1 Å². The van der Waals surface area contributed by atoms with Gasteiger partial charge in [-0.3, -0.25) is 0 Å². The topological polar surface area (TPSA) is 16.4 Å². The van der Waals surface area contributed by atoms with E-state index < -0.39 is 0 Å². The molecule has 0 saturated carbocycles. The van der Waals surface area contributed by atoms with Crippen LogP contribution in [0.3, 0.4) is 0 Å². The minimum absolute atomic E-state index is 0.876. The van der Waals surface area contributed by atoms with Gasteiger partial charge in [-0.05, 0) is 79.8 Å². The molecule has 0 unspecified atom stereocenters. The van der Waals surface area contributed by atoms with Crippen molar-refractivity contribution in [3.8, 4) is 11.1 Å². The van der Waals surface area contributed by atoms with Gasteiger partial charge in [-0.25, -0.2) is 0 Å². The number of nitrogens with zero attached hydrogens (tertiary/aromatic N) is 1. The minimum Gasteiger partial charge on any atom is -0.455 e. The summed E-state index contributed by atoms with van der Waals surface area (Å²) < 4.78 is 6.68. The van der Waals surface area contributed by atoms with Crippen LogP contribution in [0.25, 0.3) is 76.2 Å². The predicted molar refractivity (Wildman–Crippen MR) is 204 cm³/mol. The van der Waals surface area contributed by atoms with Gasteiger partial charge in [-0.15, -0.1) is 0 Å². The van der Waals surface area contributed by atoms with Gasteiger partial charge in [0.2, 0.25) is 0 Å². The molecule has 1 aromatic heterocycles. The maximum atomic E-state index is 6.68. The number of anilines is 3. The Balaban J connectivity index is 1.30. The van der Waals surface area contributed by atoms with Crippen LogP contribution >= 0.6 is 0 Å². The molecule has 0 aliphatic carbocycles. The number of furan rings is 1. The summed E-state index contributed by atoms with van der Waals surface area (Å²) in [6.45, 7) is 0. The summed E-state index contributed by atoms with van der Waals surface area (Å²) in [7, 11) is 0. The molecule has 0 fully saturated rings. The summed E-state index contributed by atoms with van der Waals surface area (Å²) >= 11 is 0. The number of fused-ring (bicyclic) bond motifs is 10. The Morgan fingerprint density at radius 2 is 0.979 bits per heavy atom. The zero-order valence-corrected chi connectivity index (χ0v) is 26.1. The van der Waals surface area contributed by atoms with E-state index in [-0.39, 0.29) is 0 Å². The molecule has 0 bridgehead atoms. The maximum Gasteiger partial charge on any atom is 0.143 e. The van der Waals surface area contributed by atoms with Gasteiger partial charge in [0.05, 0.1) is 16.8 Å². The number of benzene rings is 9. The molecular formula is C46H29NO. The third-order valence-electron chi connectivity index (χ3n) is 9.81. The third-order valence-corrected chi connectivity index (χ3v) is 9.81. The van der Waals surface area contributed by atoms with E-state index in [4.69, 9.17) is 4.42 Å². The lowest BCUT2D eigenvalue weighted by atomic mass is 9.94. The second kappa shape index (κ2) is 10.6. The van der Waals surface area contributed by atoms with Crippen LogP contribution in [0, 0.1) is 0 Å². The first-order valence-electron chi connectivity index (χ1n) is 16.4. The van der Waals surface area contributed by atoms with Crippen LogP contribution in [-0.2, 0) is 0 Å². The van der Waals surface area contributed by atoms with Crippen molar-refractivity contribution in [1.29, 1.82) is 0 Å². The molecule has 2 nitrogen and oxygen atoms in total. The van der Waals surface area contributed by atoms with Crippen LogP contribution in [-0.4, -0.2) is 0 Å². The standard InChI is InChI=1S/C46H29NO/c1-2-11-30(12-3-1)31-23-26-35(27-24-31)47(41-19-10-20-43-45(41)40-28-25-33-14-5-7-16-37(33)46(40)48-43)42-29-34-22-21-32-13-4-6-15-36(32)44(34)39-18-9-8-17-38(39)42/h1-29H. The molecular weight excluding hydrogens is 583 g/mol. The van der Waals surface area contributed by atoms with Crippen molar-refractivity contribution in [2.45, 2.75) is 0 Å². The Morgan fingerprint density at radius 3 is 1.79 bits per heavy atom. The van der Waals surface area contributed by atoms with Gasteiger partial charge in [-0.1, -0.05) is 140 Å². The SMILES string of the molecule is c1ccc(-c2ccc(N(c3cc4ccc5ccccc5c4c4ccccc34)c3cccc4oc5c6ccccc6ccc5c34)cc2)cc1. The lowest BCUT2D eigenvalue weighted by molar-refractivity contribution is 0.672. The van der Waals surface area contributed by atoms with Crippen LogP contribution in [0.5, 0.6) is 0 Å². The fourth-order valence-corrected chi connectivity index (χ4v) is 7.61. The summed E-state index contributed by atoms with van der Waals surface area (Å²) in [4.78, 5) is 2.43. The largest absolute Gasteiger partial charge is 0.455 e. The average molecular weight is 612 g/mol. The molecule has 0 saturated heterocycles. The Morgan fingerprint density at radius 1 is 0.354 bits per heavy atom. The molecule has 9 aromatic carbocycles. The first-order valence-corrected chi connectivity index (χ1v) is 16.4. The van der Waals surface area contributed by atoms with Gasteiger partial charge < -0.3 is 9.32 Å². The second-order valence-corrected chi connectivity index (χ2v) is 12.5. The van der Waals surface area contributed by atoms with Gasteiger partial charge in [0, 0.05) is 21.8 Å². The molecule has 0 N–H and O–H groups in total. The van der Waals surface area contributed by atoms with Gasteiger partial charge in [0.1, 0.15) is 11.2 Å². The molecule has 0 aliphatic rings. The minimum atomic E-state index is 0.876. The van der Waals surface area contributed by atoms with Gasteiger partial charge in [-0.2, -0.15) is 0 Å². The van der Waals surface area contributed by atoms with Crippen molar-refractivity contribution in [2.24, 2.45) is 0 Å². The number of hydrogen-bond acceptors (Lipinski definition) is 2. The highest BCUT2D eigenvalue weighted by Crippen LogP contribution is 2.48. The molecule has 0 amide bonds. The maximum absolute atomic E-state index is 6.68. The average Bonchev–Trinajstić information content (AvgIpc) is 3.55. The zero-order chi connectivity index (χ0) is 31.6. The predicted octanol–water partition coefficient (Wildman–Crippen LogP) is 13.3. The first kappa shape index (κ1) is 26.8. The summed E-state index contributed by atoms with van der Waals surface area (Å²) in [5, 5.41) is 12.0. The lowest BCUT2D eigenvalue weighted by Crippen LogP contribution is -2.11. The quantitative estimate of drug-likeness (QED) is 0.184. The number of rotatable bonds is 4. The molecule has 10 aromatic rings. The summed E-state index contributed by atoms with van der Waals surface area (Å²) in [6, 6.07) is 63.3. The molecule has 0 radical (unpaired) electrons. The Kier molecular flexibility index (Phi) is 5.91. The van der Waals surface area contributed by atoms with Gasteiger partial charge >= 0.3 is 0 Å². The van der Waals surface area contributed by atoms with Crippen LogP contribution in [0.2, 0.25) is 0 Å². The van der Waals surface area contributed by atoms with E-state index in [0.717, 1.165) is 44.4 Å². The van der Waals surface area contributed by atoms with Crippen molar-refractivity contribution < 1.29 is 4.42 Å². The highest BCUT2D eigenvalue weighted by Gasteiger charge is 2.23. The second-order valence-electron chi connectivity index (χ2n) is 12.5. The summed E-state index contributed by atoms with van der Waals surface area (Å²) in [5.74, 6) is 0. The normalized spacial score (nSPS) is 11.8. The fraction of sp³-hybridized carbons (Fsp3) is 0. The van der Waals surface area contributed by atoms with E-state index in [1.165, 1.54) is 48.8 Å². The zero-order valence-electron chi connectivity index (χ0n) is 26.1. The summed E-state index contributed by atoms with van der Waals surface area (Å²) in [5.41, 5.74) is 7.48. The van der Waals surface area contributed by atoms with E-state index in [1.807, 2.05) is 0 Å². The van der Waals surface area contributed by atoms with Gasteiger partial charge in [0.25, 0.3) is 0 Å². The van der Waals surface area contributed by atoms with E-state index in [0.29, 0.717) is 0 Å². The summed E-state index contributed by atoms with van der Waals surface area (Å²) in [6.07, 6.45) is 0. The van der Waals surface area contributed by atoms with E-state index >= 15 is 0 Å². The Labute approximate surface area is 277 Å². The van der Waals surface area contributed by atoms with Crippen molar-refractivity contribution in [3.63, 3.8) is 0 Å². The van der Waals surface area contributed by atoms with Crippen LogP contribution < -0.4 is 4.90 Å². The molecule has 0 spiro atoms. The lowest BCUT2D eigenvalue weighted by Gasteiger charge is -2.28. The van der Waals surface area contributed by atoms with Crippen LogP contribution in [0.1, 0.15) is 0 Å². The molecule has 1 heterocycles. The molecule has 224 valence electrons. The van der Waals surface area contributed by atoms with Crippen LogP contribution in [0.15, 0.2) is 180 Å². The van der Waals surface area contributed by atoms with Crippen LogP contribution in [0.4, 0.5) is 17.1 Å². The Bertz CT molecular complexity index is 2830. The number of hydrogen-bond donors (Lipinski definition) is 0. The smallest absolute Gasteiger partial charge is 0.143 e. The molecule has 10 rings (SSSR count). The Hall–Kier alpha value is -6.38. The first-order chi connectivity index (χ1) is 23.8. The highest BCUT2D eigenvalue weighted by molar-refractivity contribution is 6.25. The van der Waals surface area contributed by atoms with E-state index in [2.05, 4.69) is 181 Å². The van der Waals surface area contributed by atoms with Crippen molar-refractivity contribution in [1.82, 2.24) is 0 Å². The molecule has 0 aliphatic heterocycles. The molecule has 48 heavy (non-hydrogen) atoms. The van der Waals surface area contributed by atoms with E-state index in [9.17, 15) is 0 Å². The van der Waals surface area contributed by atoms with Gasteiger partial charge in [0.15, 0.2) is 0 Å². The van der Waals surface area contributed by atoms with Crippen molar-refractivity contribution in [3.05, 3.63) is 176 Å². The highest BCUT2D eigenvalue weighted by atomic mass is 16.3. The monoisotopic (exact) mass is 611 g/mol. The van der Waals surface area contributed by atoms with E-state index in [1.54, 1.807) is 0 Å². The molecule has 0 atom stereocenters. The molecule has 2 heteroatoms.